The molecule has 0 radical (unpaired) electrons. The fourth-order valence-electron chi connectivity index (χ4n) is 1.71. The van der Waals surface area contributed by atoms with E-state index < -0.39 is 12.1 Å². The van der Waals surface area contributed by atoms with Crippen LogP contribution in [0.25, 0.3) is 0 Å². The van der Waals surface area contributed by atoms with Gasteiger partial charge in [0.05, 0.1) is 5.56 Å². The highest BCUT2D eigenvalue weighted by molar-refractivity contribution is 5.91. The third kappa shape index (κ3) is 4.63. The number of amides is 1. The summed E-state index contributed by atoms with van der Waals surface area (Å²) < 4.78 is 10.4. The molecule has 0 aliphatic rings. The predicted octanol–water partition coefficient (Wildman–Crippen LogP) is 3.40. The average molecular weight is 299 g/mol. The normalized spacial score (nSPS) is 9.86. The van der Waals surface area contributed by atoms with Crippen LogP contribution >= 0.6 is 0 Å². The van der Waals surface area contributed by atoms with Gasteiger partial charge in [-0.15, -0.1) is 0 Å². The highest BCUT2D eigenvalue weighted by Crippen LogP contribution is 2.20. The molecule has 2 aromatic rings. The van der Waals surface area contributed by atoms with Gasteiger partial charge in [-0.05, 0) is 30.7 Å². The van der Waals surface area contributed by atoms with E-state index in [2.05, 4.69) is 5.32 Å². The first-order valence-corrected chi connectivity index (χ1v) is 7.02. The van der Waals surface area contributed by atoms with Crippen molar-refractivity contribution in [3.8, 4) is 11.5 Å². The van der Waals surface area contributed by atoms with Crippen molar-refractivity contribution in [2.75, 3.05) is 6.54 Å². The third-order valence-electron chi connectivity index (χ3n) is 2.76. The zero-order valence-corrected chi connectivity index (χ0v) is 12.2. The zero-order valence-electron chi connectivity index (χ0n) is 12.2. The molecule has 5 heteroatoms. The van der Waals surface area contributed by atoms with Crippen LogP contribution in [0.1, 0.15) is 23.7 Å². The van der Waals surface area contributed by atoms with E-state index in [9.17, 15) is 9.59 Å². The van der Waals surface area contributed by atoms with E-state index in [1.165, 1.54) is 6.07 Å². The number of carbonyl (C=O) groups is 2. The van der Waals surface area contributed by atoms with Gasteiger partial charge in [-0.1, -0.05) is 31.2 Å². The number of hydrogen-bond donors (Lipinski definition) is 1. The molecule has 0 saturated heterocycles. The number of hydrogen-bond acceptors (Lipinski definition) is 4. The minimum Gasteiger partial charge on any atom is -0.423 e. The molecule has 0 aromatic heterocycles. The summed E-state index contributed by atoms with van der Waals surface area (Å²) in [4.78, 5) is 23.4. The van der Waals surface area contributed by atoms with E-state index in [0.29, 0.717) is 23.6 Å². The van der Waals surface area contributed by atoms with E-state index in [4.69, 9.17) is 9.47 Å². The summed E-state index contributed by atoms with van der Waals surface area (Å²) >= 11 is 0. The first kappa shape index (κ1) is 15.6. The Labute approximate surface area is 128 Å². The Morgan fingerprint density at radius 1 is 0.955 bits per heavy atom. The largest absolute Gasteiger partial charge is 0.423 e. The molecule has 0 saturated carbocycles. The molecule has 1 amide bonds. The number of esters is 1. The Balaban J connectivity index is 1.99. The Hall–Kier alpha value is -2.82. The summed E-state index contributed by atoms with van der Waals surface area (Å²) in [6.45, 7) is 2.49. The molecule has 0 fully saturated rings. The quantitative estimate of drug-likeness (QED) is 0.679. The lowest BCUT2D eigenvalue weighted by atomic mass is 10.2. The predicted molar refractivity (Wildman–Crippen MR) is 82.2 cm³/mol. The molecule has 0 unspecified atom stereocenters. The van der Waals surface area contributed by atoms with Crippen molar-refractivity contribution in [3.63, 3.8) is 0 Å². The fraction of sp³-hybridized carbons (Fsp3) is 0.176. The van der Waals surface area contributed by atoms with Gasteiger partial charge >= 0.3 is 12.1 Å². The van der Waals surface area contributed by atoms with Gasteiger partial charge in [0, 0.05) is 12.6 Å². The Morgan fingerprint density at radius 2 is 1.64 bits per heavy atom. The zero-order chi connectivity index (χ0) is 15.8. The highest BCUT2D eigenvalue weighted by atomic mass is 16.6. The Bertz CT molecular complexity index is 640. The van der Waals surface area contributed by atoms with Crippen molar-refractivity contribution in [1.82, 2.24) is 5.32 Å². The van der Waals surface area contributed by atoms with Gasteiger partial charge in [0.15, 0.2) is 0 Å². The molecular formula is C17H17NO4. The fourth-order valence-corrected chi connectivity index (χ4v) is 1.71. The molecule has 0 heterocycles. The lowest BCUT2D eigenvalue weighted by molar-refractivity contribution is 0.0734. The minimum absolute atomic E-state index is 0.312. The van der Waals surface area contributed by atoms with Crippen LogP contribution in [0.2, 0.25) is 0 Å². The van der Waals surface area contributed by atoms with Gasteiger partial charge in [0.2, 0.25) is 0 Å². The van der Waals surface area contributed by atoms with Crippen molar-refractivity contribution >= 4 is 12.1 Å². The number of benzene rings is 2. The summed E-state index contributed by atoms with van der Waals surface area (Å²) in [5.41, 5.74) is 0.453. The van der Waals surface area contributed by atoms with Gasteiger partial charge in [-0.2, -0.15) is 0 Å². The van der Waals surface area contributed by atoms with Crippen LogP contribution in [-0.4, -0.2) is 18.6 Å². The van der Waals surface area contributed by atoms with Gasteiger partial charge in [0.1, 0.15) is 11.5 Å². The highest BCUT2D eigenvalue weighted by Gasteiger charge is 2.09. The van der Waals surface area contributed by atoms with Crippen molar-refractivity contribution in [1.29, 1.82) is 0 Å². The number of carbonyl (C=O) groups excluding carboxylic acids is 2. The van der Waals surface area contributed by atoms with Crippen LogP contribution in [0.5, 0.6) is 11.5 Å². The van der Waals surface area contributed by atoms with Crippen LogP contribution in [0.3, 0.4) is 0 Å². The van der Waals surface area contributed by atoms with Gasteiger partial charge < -0.3 is 14.8 Å². The van der Waals surface area contributed by atoms with Crippen molar-refractivity contribution in [2.45, 2.75) is 13.3 Å². The van der Waals surface area contributed by atoms with E-state index in [1.54, 1.807) is 42.5 Å². The summed E-state index contributed by atoms with van der Waals surface area (Å²) in [7, 11) is 0. The smallest absolute Gasteiger partial charge is 0.412 e. The summed E-state index contributed by atoms with van der Waals surface area (Å²) in [6.07, 6.45) is 0.289. The first-order valence-electron chi connectivity index (χ1n) is 7.02. The maximum Gasteiger partial charge on any atom is 0.412 e. The van der Waals surface area contributed by atoms with Gasteiger partial charge in [-0.25, -0.2) is 9.59 Å². The summed E-state index contributed by atoms with van der Waals surface area (Å²) in [6, 6.07) is 15.1. The molecule has 2 aromatic carbocycles. The van der Waals surface area contributed by atoms with E-state index in [-0.39, 0.29) is 0 Å². The summed E-state index contributed by atoms with van der Waals surface area (Å²) in [5.74, 6) is 0.162. The van der Waals surface area contributed by atoms with Crippen molar-refractivity contribution in [3.05, 3.63) is 60.2 Å². The third-order valence-corrected chi connectivity index (χ3v) is 2.76. The second kappa shape index (κ2) is 7.83. The molecule has 0 aliphatic carbocycles. The second-order valence-electron chi connectivity index (χ2n) is 4.55. The lowest BCUT2D eigenvalue weighted by Crippen LogP contribution is -2.27. The van der Waals surface area contributed by atoms with Crippen LogP contribution in [0.15, 0.2) is 54.6 Å². The summed E-state index contributed by atoms with van der Waals surface area (Å²) in [5, 5.41) is 2.60. The lowest BCUT2D eigenvalue weighted by Gasteiger charge is -2.08. The maximum atomic E-state index is 11.9. The molecular weight excluding hydrogens is 282 g/mol. The molecule has 5 nitrogen and oxygen atoms in total. The molecule has 0 aliphatic heterocycles. The van der Waals surface area contributed by atoms with Crippen LogP contribution in [0, 0.1) is 0 Å². The van der Waals surface area contributed by atoms with Gasteiger partial charge in [0.25, 0.3) is 0 Å². The molecule has 0 spiro atoms. The standard InChI is InChI=1S/C17H17NO4/c1-2-11-18-17(20)22-15-10-6-9-14(12-15)21-16(19)13-7-4-3-5-8-13/h3-10,12H,2,11H2,1H3,(H,18,20). The van der Waals surface area contributed by atoms with Crippen LogP contribution in [-0.2, 0) is 0 Å². The average Bonchev–Trinajstić information content (AvgIpc) is 2.54. The number of rotatable bonds is 5. The molecule has 1 N–H and O–H groups in total. The molecule has 22 heavy (non-hydrogen) atoms. The maximum absolute atomic E-state index is 11.9. The molecule has 0 atom stereocenters. The Morgan fingerprint density at radius 3 is 2.32 bits per heavy atom. The topological polar surface area (TPSA) is 64.6 Å². The van der Waals surface area contributed by atoms with Crippen LogP contribution in [0.4, 0.5) is 4.79 Å². The number of ether oxygens (including phenoxy) is 2. The number of nitrogens with one attached hydrogen (secondary N) is 1. The SMILES string of the molecule is CCCNC(=O)Oc1cccc(OC(=O)c2ccccc2)c1. The van der Waals surface area contributed by atoms with Crippen molar-refractivity contribution in [2.24, 2.45) is 0 Å². The van der Waals surface area contributed by atoms with E-state index in [0.717, 1.165) is 6.42 Å². The Kier molecular flexibility index (Phi) is 5.54. The first-order chi connectivity index (χ1) is 10.7. The molecule has 0 bridgehead atoms. The molecule has 114 valence electrons. The monoisotopic (exact) mass is 299 g/mol. The van der Waals surface area contributed by atoms with Gasteiger partial charge in [-0.3, -0.25) is 0 Å². The van der Waals surface area contributed by atoms with Crippen LogP contribution < -0.4 is 14.8 Å². The van der Waals surface area contributed by atoms with E-state index in [1.807, 2.05) is 13.0 Å². The molecule has 2 rings (SSSR count). The van der Waals surface area contributed by atoms with E-state index >= 15 is 0 Å². The second-order valence-corrected chi connectivity index (χ2v) is 4.55. The van der Waals surface area contributed by atoms with Crippen molar-refractivity contribution < 1.29 is 19.1 Å². The minimum atomic E-state index is -0.534.